The quantitative estimate of drug-likeness (QED) is 0.164. The molecule has 182 valence electrons. The van der Waals surface area contributed by atoms with Crippen molar-refractivity contribution in [2.24, 2.45) is 0 Å². The number of benzene rings is 3. The van der Waals surface area contributed by atoms with Crippen molar-refractivity contribution >= 4 is 35.5 Å². The predicted octanol–water partition coefficient (Wildman–Crippen LogP) is 5.94. The Labute approximate surface area is 205 Å². The van der Waals surface area contributed by atoms with Crippen LogP contribution in [0.1, 0.15) is 45.7 Å². The van der Waals surface area contributed by atoms with Gasteiger partial charge in [0.25, 0.3) is 11.4 Å². The lowest BCUT2D eigenvalue weighted by atomic mass is 10.0. The number of allylic oxidation sites excluding steroid dienone is 2. The third-order valence-corrected chi connectivity index (χ3v) is 4.81. The van der Waals surface area contributed by atoms with Crippen molar-refractivity contribution in [1.29, 1.82) is 0 Å². The molecule has 0 unspecified atom stereocenters. The van der Waals surface area contributed by atoms with Crippen LogP contribution in [0.3, 0.4) is 0 Å². The molecule has 0 saturated carbocycles. The van der Waals surface area contributed by atoms with Crippen LogP contribution >= 0.6 is 0 Å². The summed E-state index contributed by atoms with van der Waals surface area (Å²) in [4.78, 5) is 46.3. The van der Waals surface area contributed by atoms with Crippen LogP contribution in [0.4, 0.5) is 11.4 Å². The smallest absolute Gasteiger partial charge is 0.343 e. The molecule has 10 nitrogen and oxygen atoms in total. The summed E-state index contributed by atoms with van der Waals surface area (Å²) in [5, 5.41) is 23.2. The minimum Gasteiger partial charge on any atom is -0.428 e. The van der Waals surface area contributed by atoms with E-state index in [2.05, 4.69) is 0 Å². The second-order valence-electron chi connectivity index (χ2n) is 7.51. The molecule has 0 bridgehead atoms. The van der Waals surface area contributed by atoms with Gasteiger partial charge in [-0.1, -0.05) is 36.4 Å². The molecule has 0 aliphatic heterocycles. The van der Waals surface area contributed by atoms with E-state index >= 15 is 0 Å². The molecular formula is C26H20N2O8. The zero-order valence-corrected chi connectivity index (χ0v) is 19.2. The number of carbonyl (C=O) groups excluding carboxylic acids is 2. The van der Waals surface area contributed by atoms with Crippen molar-refractivity contribution in [3.8, 4) is 0 Å². The van der Waals surface area contributed by atoms with Gasteiger partial charge in [-0.25, -0.2) is 9.59 Å². The average Bonchev–Trinajstić information content (AvgIpc) is 2.84. The Morgan fingerprint density at radius 3 is 1.36 bits per heavy atom. The maximum Gasteiger partial charge on any atom is 0.343 e. The fourth-order valence-corrected chi connectivity index (χ4v) is 3.21. The van der Waals surface area contributed by atoms with Gasteiger partial charge in [-0.15, -0.1) is 0 Å². The second kappa shape index (κ2) is 11.3. The van der Waals surface area contributed by atoms with Crippen LogP contribution in [-0.4, -0.2) is 21.8 Å². The van der Waals surface area contributed by atoms with E-state index in [1.54, 1.807) is 60.7 Å². The fourth-order valence-electron chi connectivity index (χ4n) is 3.21. The van der Waals surface area contributed by atoms with Gasteiger partial charge < -0.3 is 9.47 Å². The zero-order valence-electron chi connectivity index (χ0n) is 19.2. The maximum atomic E-state index is 12.3. The monoisotopic (exact) mass is 488 g/mol. The summed E-state index contributed by atoms with van der Waals surface area (Å²) in [6.45, 7) is 2.85. The van der Waals surface area contributed by atoms with E-state index in [1.165, 1.54) is 32.1 Å². The first-order chi connectivity index (χ1) is 17.2. The molecule has 0 atom stereocenters. The molecule has 0 fully saturated rings. The van der Waals surface area contributed by atoms with E-state index in [1.807, 2.05) is 0 Å². The number of ether oxygens (including phenoxy) is 2. The standard InChI is InChI=1S/C26H20N2O8/c1-17(35-25(29)19-9-5-3-6-10-19)13-21-15-22(24(28(33)34)16-23(21)27(31)32)14-18(2)36-26(30)20-11-7-4-8-12-20/h3-16H,1-2H3. The third-order valence-electron chi connectivity index (χ3n) is 4.81. The first-order valence-electron chi connectivity index (χ1n) is 10.5. The Morgan fingerprint density at radius 2 is 1.03 bits per heavy atom. The Kier molecular flexibility index (Phi) is 8.03. The average molecular weight is 488 g/mol. The Bertz CT molecular complexity index is 1280. The normalized spacial score (nSPS) is 11.5. The van der Waals surface area contributed by atoms with E-state index in [-0.39, 0.29) is 33.8 Å². The van der Waals surface area contributed by atoms with Crippen LogP contribution < -0.4 is 0 Å². The minimum atomic E-state index is -0.777. The van der Waals surface area contributed by atoms with E-state index in [4.69, 9.17) is 9.47 Å². The Morgan fingerprint density at radius 1 is 0.667 bits per heavy atom. The first kappa shape index (κ1) is 25.5. The van der Waals surface area contributed by atoms with Gasteiger partial charge in [0, 0.05) is 0 Å². The molecule has 36 heavy (non-hydrogen) atoms. The van der Waals surface area contributed by atoms with Gasteiger partial charge in [0.2, 0.25) is 0 Å². The molecule has 0 aliphatic rings. The Balaban J connectivity index is 1.97. The SMILES string of the molecule is CC(=Cc1cc(C=C(C)OC(=O)c2ccccc2)c([N+](=O)[O-])cc1[N+](=O)[O-])OC(=O)c1ccccc1. The topological polar surface area (TPSA) is 139 Å². The molecule has 3 rings (SSSR count). The minimum absolute atomic E-state index is 0.0305. The largest absolute Gasteiger partial charge is 0.428 e. The van der Waals surface area contributed by atoms with Crippen LogP contribution in [-0.2, 0) is 9.47 Å². The molecule has 3 aromatic rings. The molecule has 0 spiro atoms. The fraction of sp³-hybridized carbons (Fsp3) is 0.0769. The van der Waals surface area contributed by atoms with Crippen LogP contribution in [0.5, 0.6) is 0 Å². The summed E-state index contributed by atoms with van der Waals surface area (Å²) in [6, 6.07) is 18.3. The molecule has 10 heteroatoms. The summed E-state index contributed by atoms with van der Waals surface area (Å²) in [7, 11) is 0. The molecule has 0 aliphatic carbocycles. The molecular weight excluding hydrogens is 468 g/mol. The lowest BCUT2D eigenvalue weighted by Gasteiger charge is -2.08. The van der Waals surface area contributed by atoms with E-state index in [0.29, 0.717) is 0 Å². The summed E-state index contributed by atoms with van der Waals surface area (Å²) >= 11 is 0. The van der Waals surface area contributed by atoms with Gasteiger partial charge in [-0.2, -0.15) is 0 Å². The van der Waals surface area contributed by atoms with Crippen molar-refractivity contribution in [2.45, 2.75) is 13.8 Å². The number of rotatable bonds is 8. The summed E-state index contributed by atoms with van der Waals surface area (Å²) in [5.41, 5.74) is -0.651. The van der Waals surface area contributed by atoms with Crippen LogP contribution in [0, 0.1) is 20.2 Å². The van der Waals surface area contributed by atoms with E-state index in [0.717, 1.165) is 6.07 Å². The molecule has 0 saturated heterocycles. The predicted molar refractivity (Wildman–Crippen MR) is 131 cm³/mol. The molecule has 0 amide bonds. The van der Waals surface area contributed by atoms with Gasteiger partial charge in [-0.05, 0) is 56.3 Å². The second-order valence-corrected chi connectivity index (χ2v) is 7.51. The summed E-state index contributed by atoms with van der Waals surface area (Å²) in [5.74, 6) is -1.28. The van der Waals surface area contributed by atoms with Crippen LogP contribution in [0.25, 0.3) is 12.2 Å². The highest BCUT2D eigenvalue weighted by Gasteiger charge is 2.24. The van der Waals surface area contributed by atoms with Gasteiger partial charge in [0.15, 0.2) is 0 Å². The number of nitrogens with zero attached hydrogens (tertiary/aromatic N) is 2. The number of hydrogen-bond donors (Lipinski definition) is 0. The van der Waals surface area contributed by atoms with Gasteiger partial charge in [0.1, 0.15) is 11.5 Å². The van der Waals surface area contributed by atoms with Crippen molar-refractivity contribution in [3.05, 3.63) is 127 Å². The lowest BCUT2D eigenvalue weighted by Crippen LogP contribution is -2.04. The van der Waals surface area contributed by atoms with Crippen LogP contribution in [0.2, 0.25) is 0 Å². The highest BCUT2D eigenvalue weighted by molar-refractivity contribution is 5.91. The molecule has 0 heterocycles. The van der Waals surface area contributed by atoms with E-state index < -0.39 is 33.2 Å². The summed E-state index contributed by atoms with van der Waals surface area (Å²) < 4.78 is 10.5. The van der Waals surface area contributed by atoms with Gasteiger partial charge in [-0.3, -0.25) is 20.2 Å². The van der Waals surface area contributed by atoms with Gasteiger partial charge >= 0.3 is 11.9 Å². The first-order valence-corrected chi connectivity index (χ1v) is 10.5. The summed E-state index contributed by atoms with van der Waals surface area (Å²) in [6.07, 6.45) is 2.46. The van der Waals surface area contributed by atoms with Crippen molar-refractivity contribution in [3.63, 3.8) is 0 Å². The highest BCUT2D eigenvalue weighted by atomic mass is 16.6. The highest BCUT2D eigenvalue weighted by Crippen LogP contribution is 2.32. The molecule has 3 aromatic carbocycles. The number of esters is 2. The maximum absolute atomic E-state index is 12.3. The van der Waals surface area contributed by atoms with Gasteiger partial charge in [0.05, 0.1) is 38.2 Å². The van der Waals surface area contributed by atoms with Crippen molar-refractivity contribution in [1.82, 2.24) is 0 Å². The number of carbonyl (C=O) groups is 2. The number of nitro benzene ring substituents is 2. The number of hydrogen-bond acceptors (Lipinski definition) is 8. The lowest BCUT2D eigenvalue weighted by molar-refractivity contribution is -0.394. The van der Waals surface area contributed by atoms with Crippen LogP contribution in [0.15, 0.2) is 84.3 Å². The molecule has 0 N–H and O–H groups in total. The van der Waals surface area contributed by atoms with Crippen molar-refractivity contribution < 1.29 is 28.9 Å². The van der Waals surface area contributed by atoms with Crippen molar-refractivity contribution in [2.75, 3.05) is 0 Å². The Hall–Kier alpha value is -5.12. The number of nitro groups is 2. The van der Waals surface area contributed by atoms with E-state index in [9.17, 15) is 29.8 Å². The third kappa shape index (κ3) is 6.48. The zero-order chi connectivity index (χ0) is 26.2. The molecule has 0 radical (unpaired) electrons. The molecule has 0 aromatic heterocycles.